The van der Waals surface area contributed by atoms with Crippen molar-refractivity contribution in [3.05, 3.63) is 127 Å². The average molecular weight is 555 g/mol. The van der Waals surface area contributed by atoms with E-state index in [9.17, 15) is 9.59 Å². The van der Waals surface area contributed by atoms with Crippen LogP contribution in [0.3, 0.4) is 0 Å². The second-order valence-electron chi connectivity index (χ2n) is 9.12. The zero-order valence-electron chi connectivity index (χ0n) is 22.6. The van der Waals surface area contributed by atoms with E-state index in [2.05, 4.69) is 4.99 Å². The zero-order valence-corrected chi connectivity index (χ0v) is 23.4. The summed E-state index contributed by atoms with van der Waals surface area (Å²) in [5.74, 6) is 0.893. The molecule has 0 bridgehead atoms. The molecule has 0 fully saturated rings. The molecule has 1 aromatic heterocycles. The Labute approximate surface area is 236 Å². The van der Waals surface area contributed by atoms with Gasteiger partial charge in [0.2, 0.25) is 0 Å². The molecule has 0 saturated carbocycles. The van der Waals surface area contributed by atoms with Gasteiger partial charge in [0.1, 0.15) is 18.1 Å². The fourth-order valence-electron chi connectivity index (χ4n) is 4.63. The summed E-state index contributed by atoms with van der Waals surface area (Å²) in [6.45, 7) is 6.62. The summed E-state index contributed by atoms with van der Waals surface area (Å²) in [7, 11) is 0. The number of allylic oxidation sites excluding steroid dienone is 1. The van der Waals surface area contributed by atoms with Crippen molar-refractivity contribution in [3.63, 3.8) is 0 Å². The van der Waals surface area contributed by atoms with E-state index in [0.717, 1.165) is 16.7 Å². The Kier molecular flexibility index (Phi) is 8.26. The van der Waals surface area contributed by atoms with Crippen LogP contribution < -0.4 is 24.4 Å². The quantitative estimate of drug-likeness (QED) is 0.279. The molecule has 0 saturated heterocycles. The van der Waals surface area contributed by atoms with Crippen LogP contribution in [0.4, 0.5) is 0 Å². The Hall–Kier alpha value is -4.43. The molecule has 1 aliphatic heterocycles. The molecule has 4 aromatic rings. The maximum absolute atomic E-state index is 13.9. The van der Waals surface area contributed by atoms with Gasteiger partial charge >= 0.3 is 5.97 Å². The van der Waals surface area contributed by atoms with Crippen LogP contribution >= 0.6 is 11.3 Å². The highest BCUT2D eigenvalue weighted by atomic mass is 32.1. The number of para-hydroxylation sites is 1. The van der Waals surface area contributed by atoms with Crippen molar-refractivity contribution in [1.29, 1.82) is 0 Å². The summed E-state index contributed by atoms with van der Waals surface area (Å²) in [5, 5.41) is 0. The first-order chi connectivity index (χ1) is 19.5. The molecular weight excluding hydrogens is 524 g/mol. The number of aromatic nitrogens is 1. The van der Waals surface area contributed by atoms with E-state index in [1.54, 1.807) is 18.4 Å². The van der Waals surface area contributed by atoms with Crippen LogP contribution in [0.25, 0.3) is 6.08 Å². The molecule has 3 aromatic carbocycles. The topological polar surface area (TPSA) is 79.1 Å². The molecule has 0 amide bonds. The summed E-state index contributed by atoms with van der Waals surface area (Å²) in [4.78, 5) is 32.2. The number of hydrogen-bond acceptors (Lipinski definition) is 7. The lowest BCUT2D eigenvalue weighted by Crippen LogP contribution is -2.39. The maximum Gasteiger partial charge on any atom is 0.338 e. The molecule has 8 heteroatoms. The molecule has 5 rings (SSSR count). The molecule has 204 valence electrons. The van der Waals surface area contributed by atoms with Crippen molar-refractivity contribution in [1.82, 2.24) is 4.57 Å². The predicted molar refractivity (Wildman–Crippen MR) is 155 cm³/mol. The average Bonchev–Trinajstić information content (AvgIpc) is 3.27. The van der Waals surface area contributed by atoms with Gasteiger partial charge in [0.25, 0.3) is 5.56 Å². The molecule has 2 heterocycles. The van der Waals surface area contributed by atoms with Gasteiger partial charge in [-0.1, -0.05) is 72.0 Å². The number of fused-ring (bicyclic) bond motifs is 1. The van der Waals surface area contributed by atoms with E-state index in [4.69, 9.17) is 14.2 Å². The van der Waals surface area contributed by atoms with Gasteiger partial charge in [-0.3, -0.25) is 9.36 Å². The SMILES string of the molecule is CCOC(=O)C1=C(C)N=c2s/c(=C\c3ccccc3OCc3ccccc3)c(=O)n2[C@@H]1c1ccc(OCC)cc1. The van der Waals surface area contributed by atoms with Crippen LogP contribution in [0.2, 0.25) is 0 Å². The Morgan fingerprint density at radius 2 is 1.68 bits per heavy atom. The summed E-state index contributed by atoms with van der Waals surface area (Å²) in [6.07, 6.45) is 1.82. The van der Waals surface area contributed by atoms with E-state index < -0.39 is 12.0 Å². The first-order valence-electron chi connectivity index (χ1n) is 13.2. The van der Waals surface area contributed by atoms with Gasteiger partial charge in [-0.15, -0.1) is 0 Å². The van der Waals surface area contributed by atoms with Gasteiger partial charge in [-0.05, 0) is 56.2 Å². The Morgan fingerprint density at radius 3 is 2.40 bits per heavy atom. The minimum Gasteiger partial charge on any atom is -0.494 e. The highest BCUT2D eigenvalue weighted by molar-refractivity contribution is 7.07. The van der Waals surface area contributed by atoms with Crippen molar-refractivity contribution in [2.75, 3.05) is 13.2 Å². The van der Waals surface area contributed by atoms with Crippen molar-refractivity contribution in [3.8, 4) is 11.5 Å². The van der Waals surface area contributed by atoms with Gasteiger partial charge < -0.3 is 14.2 Å². The highest BCUT2D eigenvalue weighted by Gasteiger charge is 2.33. The molecule has 0 spiro atoms. The predicted octanol–water partition coefficient (Wildman–Crippen LogP) is 4.78. The molecule has 0 N–H and O–H groups in total. The minimum atomic E-state index is -0.683. The summed E-state index contributed by atoms with van der Waals surface area (Å²) >= 11 is 1.28. The zero-order chi connectivity index (χ0) is 28.1. The van der Waals surface area contributed by atoms with Crippen LogP contribution in [0.1, 0.15) is 43.5 Å². The number of benzene rings is 3. The third-order valence-electron chi connectivity index (χ3n) is 6.47. The van der Waals surface area contributed by atoms with E-state index in [-0.39, 0.29) is 12.2 Å². The minimum absolute atomic E-state index is 0.218. The normalized spacial score (nSPS) is 14.9. The van der Waals surface area contributed by atoms with Crippen molar-refractivity contribution >= 4 is 23.4 Å². The second-order valence-corrected chi connectivity index (χ2v) is 10.1. The number of carbonyl (C=O) groups excluding carboxylic acids is 1. The number of rotatable bonds is 9. The number of thiazole rings is 1. The van der Waals surface area contributed by atoms with Gasteiger partial charge in [-0.25, -0.2) is 9.79 Å². The van der Waals surface area contributed by atoms with Gasteiger partial charge in [0.15, 0.2) is 4.80 Å². The monoisotopic (exact) mass is 554 g/mol. The number of esters is 1. The lowest BCUT2D eigenvalue weighted by Gasteiger charge is -2.24. The van der Waals surface area contributed by atoms with Crippen LogP contribution in [0, 0.1) is 0 Å². The number of ether oxygens (including phenoxy) is 3. The Bertz CT molecular complexity index is 1720. The number of hydrogen-bond donors (Lipinski definition) is 0. The van der Waals surface area contributed by atoms with E-state index in [1.807, 2.05) is 91.9 Å². The van der Waals surface area contributed by atoms with E-state index in [0.29, 0.717) is 45.3 Å². The first kappa shape index (κ1) is 27.1. The lowest BCUT2D eigenvalue weighted by atomic mass is 9.96. The summed E-state index contributed by atoms with van der Waals surface area (Å²) < 4.78 is 19.2. The van der Waals surface area contributed by atoms with Crippen molar-refractivity contribution < 1.29 is 19.0 Å². The van der Waals surface area contributed by atoms with E-state index in [1.165, 1.54) is 11.3 Å². The van der Waals surface area contributed by atoms with E-state index >= 15 is 0 Å². The standard InChI is InChI=1S/C32H30N2O5S/c1-4-37-25-17-15-23(16-18-25)29-28(31(36)38-5-2)21(3)33-32-34(29)30(35)27(40-32)19-24-13-9-10-14-26(24)39-20-22-11-7-6-8-12-22/h6-19,29H,4-5,20H2,1-3H3/b27-19-/t29-/m1/s1. The molecule has 0 radical (unpaired) electrons. The second kappa shape index (κ2) is 12.2. The van der Waals surface area contributed by atoms with Crippen molar-refractivity contribution in [2.24, 2.45) is 4.99 Å². The maximum atomic E-state index is 13.9. The largest absolute Gasteiger partial charge is 0.494 e. The number of nitrogens with zero attached hydrogens (tertiary/aromatic N) is 2. The Morgan fingerprint density at radius 1 is 0.950 bits per heavy atom. The third kappa shape index (κ3) is 5.62. The van der Waals surface area contributed by atoms with Crippen LogP contribution in [0.15, 0.2) is 99.9 Å². The molecule has 1 atom stereocenters. The van der Waals surface area contributed by atoms with Gasteiger partial charge in [-0.2, -0.15) is 0 Å². The smallest absolute Gasteiger partial charge is 0.338 e. The number of carbonyl (C=O) groups is 1. The van der Waals surface area contributed by atoms with Crippen LogP contribution in [-0.4, -0.2) is 23.8 Å². The van der Waals surface area contributed by atoms with Gasteiger partial charge in [0.05, 0.1) is 35.1 Å². The summed E-state index contributed by atoms with van der Waals surface area (Å²) in [6, 6.07) is 24.3. The molecule has 7 nitrogen and oxygen atoms in total. The third-order valence-corrected chi connectivity index (χ3v) is 7.45. The van der Waals surface area contributed by atoms with Gasteiger partial charge in [0, 0.05) is 5.56 Å². The first-order valence-corrected chi connectivity index (χ1v) is 14.0. The highest BCUT2D eigenvalue weighted by Crippen LogP contribution is 2.31. The Balaban J connectivity index is 1.59. The fourth-order valence-corrected chi connectivity index (χ4v) is 5.67. The fraction of sp³-hybridized carbons (Fsp3) is 0.219. The van der Waals surface area contributed by atoms with Crippen molar-refractivity contribution in [2.45, 2.75) is 33.4 Å². The molecule has 1 aliphatic rings. The molecule has 0 aliphatic carbocycles. The molecule has 40 heavy (non-hydrogen) atoms. The lowest BCUT2D eigenvalue weighted by molar-refractivity contribution is -0.139. The molecular formula is C32H30N2O5S. The summed E-state index contributed by atoms with van der Waals surface area (Å²) in [5.41, 5.74) is 3.22. The van der Waals surface area contributed by atoms with Crippen LogP contribution in [-0.2, 0) is 16.1 Å². The van der Waals surface area contributed by atoms with Crippen LogP contribution in [0.5, 0.6) is 11.5 Å². The molecule has 0 unspecified atom stereocenters.